The lowest BCUT2D eigenvalue weighted by Crippen LogP contribution is -2.27. The molecule has 0 saturated carbocycles. The van der Waals surface area contributed by atoms with Gasteiger partial charge in [-0.3, -0.25) is 9.59 Å². The molecule has 3 rings (SSSR count). The summed E-state index contributed by atoms with van der Waals surface area (Å²) in [6.45, 7) is 0. The molecule has 152 valence electrons. The molecule has 0 fully saturated rings. The minimum Gasteiger partial charge on any atom is -0.493 e. The number of aliphatic carboxylic acids is 1. The number of benzene rings is 2. The molecule has 2 aromatic rings. The molecular weight excluding hydrogens is 440 g/mol. The zero-order valence-corrected chi connectivity index (χ0v) is 17.7. The number of methoxy groups -OCH3 is 2. The van der Waals surface area contributed by atoms with E-state index in [9.17, 15) is 9.59 Å². The average Bonchev–Trinajstić information content (AvgIpc) is 3.17. The van der Waals surface area contributed by atoms with Gasteiger partial charge in [0.25, 0.3) is 0 Å². The van der Waals surface area contributed by atoms with Gasteiger partial charge in [0.1, 0.15) is 0 Å². The maximum atomic E-state index is 12.7. The van der Waals surface area contributed by atoms with Crippen LogP contribution >= 0.6 is 15.9 Å². The average molecular weight is 461 g/mol. The molecule has 29 heavy (non-hydrogen) atoms. The molecule has 1 amide bonds. The summed E-state index contributed by atoms with van der Waals surface area (Å²) in [7, 11) is 3.11. The molecule has 2 aromatic carbocycles. The van der Waals surface area contributed by atoms with Gasteiger partial charge in [0, 0.05) is 17.3 Å². The standard InChI is InChI=1S/C21H21BrN2O5/c1-28-18-8-5-14(11-19(18)29-2)17-12-16(13-3-6-15(22)7-4-13)23-24(17)20(25)9-10-21(26)27/h3-8,11,17H,9-10,12H2,1-2H3,(H,26,27)/t17-/m0/s1. The first-order valence-corrected chi connectivity index (χ1v) is 9.81. The summed E-state index contributed by atoms with van der Waals surface area (Å²) in [4.78, 5) is 23.6. The molecule has 1 aliphatic heterocycles. The van der Waals surface area contributed by atoms with Crippen LogP contribution in [0.15, 0.2) is 52.0 Å². The maximum absolute atomic E-state index is 12.7. The molecule has 1 N–H and O–H groups in total. The lowest BCUT2D eigenvalue weighted by molar-refractivity contribution is -0.141. The number of amides is 1. The van der Waals surface area contributed by atoms with Crippen LogP contribution in [0.25, 0.3) is 0 Å². The summed E-state index contributed by atoms with van der Waals surface area (Å²) in [5.41, 5.74) is 2.51. The number of hydrogen-bond donors (Lipinski definition) is 1. The Kier molecular flexibility index (Phi) is 6.53. The van der Waals surface area contributed by atoms with E-state index in [0.29, 0.717) is 17.9 Å². The van der Waals surface area contributed by atoms with Crippen LogP contribution in [-0.4, -0.2) is 41.9 Å². The van der Waals surface area contributed by atoms with Crippen LogP contribution in [0.3, 0.4) is 0 Å². The van der Waals surface area contributed by atoms with Crippen molar-refractivity contribution in [3.63, 3.8) is 0 Å². The van der Waals surface area contributed by atoms with Gasteiger partial charge in [-0.2, -0.15) is 5.10 Å². The Bertz CT molecular complexity index is 943. The number of rotatable bonds is 7. The largest absolute Gasteiger partial charge is 0.493 e. The number of carboxylic acid groups (broad SMARTS) is 1. The number of carbonyl (C=O) groups excluding carboxylic acids is 1. The maximum Gasteiger partial charge on any atom is 0.303 e. The Morgan fingerprint density at radius 3 is 2.41 bits per heavy atom. The fourth-order valence-corrected chi connectivity index (χ4v) is 3.47. The van der Waals surface area contributed by atoms with Crippen LogP contribution in [-0.2, 0) is 9.59 Å². The molecular formula is C21H21BrN2O5. The number of carbonyl (C=O) groups is 2. The van der Waals surface area contributed by atoms with Crippen LogP contribution in [0.4, 0.5) is 0 Å². The van der Waals surface area contributed by atoms with Crippen molar-refractivity contribution in [2.24, 2.45) is 5.10 Å². The number of halogens is 1. The van der Waals surface area contributed by atoms with E-state index in [-0.39, 0.29) is 24.8 Å². The second-order valence-electron chi connectivity index (χ2n) is 6.52. The molecule has 8 heteroatoms. The first-order chi connectivity index (χ1) is 13.9. The minimum absolute atomic E-state index is 0.115. The monoisotopic (exact) mass is 460 g/mol. The Labute approximate surface area is 177 Å². The van der Waals surface area contributed by atoms with Crippen molar-refractivity contribution < 1.29 is 24.2 Å². The van der Waals surface area contributed by atoms with Crippen LogP contribution in [0.1, 0.15) is 36.4 Å². The quantitative estimate of drug-likeness (QED) is 0.673. The van der Waals surface area contributed by atoms with E-state index in [1.165, 1.54) is 5.01 Å². The number of nitrogens with zero attached hydrogens (tertiary/aromatic N) is 2. The van der Waals surface area contributed by atoms with E-state index in [0.717, 1.165) is 21.3 Å². The van der Waals surface area contributed by atoms with E-state index >= 15 is 0 Å². The van der Waals surface area contributed by atoms with Crippen LogP contribution in [0.5, 0.6) is 11.5 Å². The second-order valence-corrected chi connectivity index (χ2v) is 7.44. The summed E-state index contributed by atoms with van der Waals surface area (Å²) in [5.74, 6) is -0.205. The van der Waals surface area contributed by atoms with Crippen LogP contribution < -0.4 is 9.47 Å². The lowest BCUT2D eigenvalue weighted by atomic mass is 9.98. The molecule has 0 bridgehead atoms. The summed E-state index contributed by atoms with van der Waals surface area (Å²) in [6, 6.07) is 12.8. The Hall–Kier alpha value is -2.87. The molecule has 0 aromatic heterocycles. The smallest absolute Gasteiger partial charge is 0.303 e. The topological polar surface area (TPSA) is 88.4 Å². The highest BCUT2D eigenvalue weighted by atomic mass is 79.9. The molecule has 7 nitrogen and oxygen atoms in total. The van der Waals surface area contributed by atoms with Gasteiger partial charge < -0.3 is 14.6 Å². The Balaban J connectivity index is 1.94. The van der Waals surface area contributed by atoms with Crippen molar-refractivity contribution in [1.82, 2.24) is 5.01 Å². The van der Waals surface area contributed by atoms with Gasteiger partial charge in [0.05, 0.1) is 32.4 Å². The third-order valence-corrected chi connectivity index (χ3v) is 5.22. The third kappa shape index (κ3) is 4.76. The fraction of sp³-hybridized carbons (Fsp3) is 0.286. The van der Waals surface area contributed by atoms with Gasteiger partial charge >= 0.3 is 5.97 Å². The Morgan fingerprint density at radius 1 is 1.10 bits per heavy atom. The van der Waals surface area contributed by atoms with Gasteiger partial charge in [-0.05, 0) is 35.4 Å². The van der Waals surface area contributed by atoms with Crippen molar-refractivity contribution in [3.05, 3.63) is 58.1 Å². The van der Waals surface area contributed by atoms with Crippen molar-refractivity contribution >= 4 is 33.5 Å². The van der Waals surface area contributed by atoms with E-state index in [4.69, 9.17) is 14.6 Å². The van der Waals surface area contributed by atoms with E-state index < -0.39 is 5.97 Å². The zero-order valence-electron chi connectivity index (χ0n) is 16.1. The van der Waals surface area contributed by atoms with Gasteiger partial charge in [0.15, 0.2) is 11.5 Å². The Morgan fingerprint density at radius 2 is 1.79 bits per heavy atom. The molecule has 1 heterocycles. The normalized spacial score (nSPS) is 15.8. The zero-order chi connectivity index (χ0) is 21.0. The van der Waals surface area contributed by atoms with Crippen molar-refractivity contribution in [3.8, 4) is 11.5 Å². The molecule has 0 aliphatic carbocycles. The van der Waals surface area contributed by atoms with Gasteiger partial charge in [-0.15, -0.1) is 0 Å². The van der Waals surface area contributed by atoms with E-state index in [1.54, 1.807) is 20.3 Å². The number of ether oxygens (including phenoxy) is 2. The van der Waals surface area contributed by atoms with Crippen LogP contribution in [0.2, 0.25) is 0 Å². The summed E-state index contributed by atoms with van der Waals surface area (Å²) < 4.78 is 11.6. The van der Waals surface area contributed by atoms with E-state index in [2.05, 4.69) is 21.0 Å². The third-order valence-electron chi connectivity index (χ3n) is 4.69. The first kappa shape index (κ1) is 20.9. The van der Waals surface area contributed by atoms with Gasteiger partial charge in [0.2, 0.25) is 5.91 Å². The predicted molar refractivity (Wildman–Crippen MR) is 111 cm³/mol. The lowest BCUT2D eigenvalue weighted by Gasteiger charge is -2.22. The second kappa shape index (κ2) is 9.09. The number of hydrogen-bond acceptors (Lipinski definition) is 5. The molecule has 1 aliphatic rings. The molecule has 0 saturated heterocycles. The molecule has 1 atom stereocenters. The highest BCUT2D eigenvalue weighted by Gasteiger charge is 2.33. The molecule has 0 unspecified atom stereocenters. The summed E-state index contributed by atoms with van der Waals surface area (Å²) in [5, 5.41) is 14.9. The SMILES string of the molecule is COc1ccc([C@@H]2CC(c3ccc(Br)cc3)=NN2C(=O)CCC(=O)O)cc1OC. The predicted octanol–water partition coefficient (Wildman–Crippen LogP) is 4.01. The number of carboxylic acids is 1. The van der Waals surface area contributed by atoms with Crippen molar-refractivity contribution in [1.29, 1.82) is 0 Å². The minimum atomic E-state index is -1.02. The van der Waals surface area contributed by atoms with Crippen molar-refractivity contribution in [2.45, 2.75) is 25.3 Å². The summed E-state index contributed by atoms with van der Waals surface area (Å²) >= 11 is 3.42. The van der Waals surface area contributed by atoms with Crippen molar-refractivity contribution in [2.75, 3.05) is 14.2 Å². The first-order valence-electron chi connectivity index (χ1n) is 9.02. The highest BCUT2D eigenvalue weighted by molar-refractivity contribution is 9.10. The fourth-order valence-electron chi connectivity index (χ4n) is 3.21. The highest BCUT2D eigenvalue weighted by Crippen LogP contribution is 2.37. The van der Waals surface area contributed by atoms with Gasteiger partial charge in [-0.25, -0.2) is 5.01 Å². The number of hydrazone groups is 1. The van der Waals surface area contributed by atoms with E-state index in [1.807, 2.05) is 36.4 Å². The van der Waals surface area contributed by atoms with Crippen LogP contribution in [0, 0.1) is 0 Å². The summed E-state index contributed by atoms with van der Waals surface area (Å²) in [6.07, 6.45) is 0.156. The molecule has 0 radical (unpaired) electrons. The van der Waals surface area contributed by atoms with Gasteiger partial charge in [-0.1, -0.05) is 34.1 Å². The molecule has 0 spiro atoms.